The summed E-state index contributed by atoms with van der Waals surface area (Å²) in [6, 6.07) is 8.67. The molecule has 2 N–H and O–H groups in total. The van der Waals surface area contributed by atoms with Crippen LogP contribution in [0.1, 0.15) is 33.9 Å². The van der Waals surface area contributed by atoms with Gasteiger partial charge in [0, 0.05) is 12.3 Å². The van der Waals surface area contributed by atoms with E-state index in [1.54, 1.807) is 31.2 Å². The fourth-order valence-electron chi connectivity index (χ4n) is 2.39. The first-order valence-corrected chi connectivity index (χ1v) is 7.89. The summed E-state index contributed by atoms with van der Waals surface area (Å²) in [7, 11) is 0. The molecule has 1 aromatic carbocycles. The molecule has 0 aliphatic heterocycles. The highest BCUT2D eigenvalue weighted by Gasteiger charge is 2.28. The molecule has 6 nitrogen and oxygen atoms in total. The van der Waals surface area contributed by atoms with E-state index in [2.05, 4.69) is 15.0 Å². The quantitative estimate of drug-likeness (QED) is 0.767. The van der Waals surface area contributed by atoms with Gasteiger partial charge in [0.05, 0.1) is 18.0 Å². The molecule has 0 saturated carbocycles. The minimum absolute atomic E-state index is 0.0679. The number of nitrogens with one attached hydrogen (secondary N) is 1. The lowest BCUT2D eigenvalue weighted by molar-refractivity contribution is -0.154. The van der Waals surface area contributed by atoms with E-state index in [9.17, 15) is 22.8 Å². The number of hydrogen-bond acceptors (Lipinski definition) is 4. The summed E-state index contributed by atoms with van der Waals surface area (Å²) in [5.74, 6) is -1.96. The largest absolute Gasteiger partial charge is 0.481 e. The summed E-state index contributed by atoms with van der Waals surface area (Å²) in [6.45, 7) is 0.310. The summed E-state index contributed by atoms with van der Waals surface area (Å²) in [5.41, 5.74) is 1.54. The lowest BCUT2D eigenvalue weighted by Gasteiger charge is -2.19. The minimum atomic E-state index is -4.49. The molecule has 1 amide bonds. The van der Waals surface area contributed by atoms with Crippen molar-refractivity contribution in [3.63, 3.8) is 0 Å². The van der Waals surface area contributed by atoms with Crippen molar-refractivity contribution in [2.45, 2.75) is 25.6 Å². The highest BCUT2D eigenvalue weighted by molar-refractivity contribution is 5.94. The molecule has 0 aliphatic rings. The fraction of sp³-hybridized carbons (Fsp3) is 0.278. The molecule has 1 unspecified atom stereocenters. The van der Waals surface area contributed by atoms with Gasteiger partial charge >= 0.3 is 12.1 Å². The molecule has 0 radical (unpaired) electrons. The second-order valence-electron chi connectivity index (χ2n) is 5.77. The first-order chi connectivity index (χ1) is 12.7. The number of carbonyl (C=O) groups excluding carboxylic acids is 1. The normalized spacial score (nSPS) is 12.3. The van der Waals surface area contributed by atoms with E-state index in [1.807, 2.05) is 0 Å². The van der Waals surface area contributed by atoms with Gasteiger partial charge in [0.2, 0.25) is 5.88 Å². The highest BCUT2D eigenvalue weighted by atomic mass is 19.4. The van der Waals surface area contributed by atoms with E-state index in [4.69, 9.17) is 5.11 Å². The molecule has 0 fully saturated rings. The number of carboxylic acids is 1. The zero-order valence-corrected chi connectivity index (χ0v) is 14.3. The molecular weight excluding hydrogens is 365 g/mol. The van der Waals surface area contributed by atoms with E-state index in [0.29, 0.717) is 5.56 Å². The third kappa shape index (κ3) is 6.28. The van der Waals surface area contributed by atoms with Crippen molar-refractivity contribution < 1.29 is 32.6 Å². The van der Waals surface area contributed by atoms with Gasteiger partial charge in [-0.25, -0.2) is 4.98 Å². The van der Waals surface area contributed by atoms with Gasteiger partial charge in [-0.15, -0.1) is 0 Å². The summed E-state index contributed by atoms with van der Waals surface area (Å²) in [5, 5.41) is 11.7. The van der Waals surface area contributed by atoms with Crippen LogP contribution >= 0.6 is 0 Å². The number of aliphatic carboxylic acids is 1. The van der Waals surface area contributed by atoms with E-state index >= 15 is 0 Å². The lowest BCUT2D eigenvalue weighted by Crippen LogP contribution is -2.30. The number of pyridine rings is 1. The Hall–Kier alpha value is -3.10. The van der Waals surface area contributed by atoms with E-state index in [0.717, 1.165) is 17.8 Å². The summed E-state index contributed by atoms with van der Waals surface area (Å²) >= 11 is 0. The lowest BCUT2D eigenvalue weighted by atomic mass is 9.98. The number of rotatable bonds is 7. The van der Waals surface area contributed by atoms with E-state index < -0.39 is 30.7 Å². The van der Waals surface area contributed by atoms with Crippen LogP contribution in [0.4, 0.5) is 13.2 Å². The van der Waals surface area contributed by atoms with Crippen molar-refractivity contribution in [3.05, 3.63) is 59.3 Å². The number of carboxylic acid groups (broad SMARTS) is 1. The third-order valence-electron chi connectivity index (χ3n) is 3.63. The zero-order chi connectivity index (χ0) is 20.0. The molecule has 27 heavy (non-hydrogen) atoms. The van der Waals surface area contributed by atoms with E-state index in [1.165, 1.54) is 6.07 Å². The minimum Gasteiger partial charge on any atom is -0.481 e. The van der Waals surface area contributed by atoms with Gasteiger partial charge in [0.1, 0.15) is 0 Å². The number of aryl methyl sites for hydroxylation is 1. The van der Waals surface area contributed by atoms with Gasteiger partial charge in [0.25, 0.3) is 5.91 Å². The fourth-order valence-corrected chi connectivity index (χ4v) is 2.39. The molecule has 2 rings (SSSR count). The maximum Gasteiger partial charge on any atom is 0.422 e. The SMILES string of the molecule is Cc1ccccc1C(CC(=O)O)NC(=O)c1ccc(OCC(F)(F)F)nc1. The van der Waals surface area contributed by atoms with Crippen molar-refractivity contribution in [3.8, 4) is 5.88 Å². The molecule has 0 aliphatic carbocycles. The first kappa shape index (κ1) is 20.2. The Bertz CT molecular complexity index is 807. The molecule has 0 saturated heterocycles. The van der Waals surface area contributed by atoms with Gasteiger partial charge in [0.15, 0.2) is 6.61 Å². The predicted molar refractivity (Wildman–Crippen MR) is 89.4 cm³/mol. The molecule has 0 spiro atoms. The monoisotopic (exact) mass is 382 g/mol. The average Bonchev–Trinajstić information content (AvgIpc) is 2.59. The molecule has 144 valence electrons. The number of carbonyl (C=O) groups is 2. The molecule has 1 aromatic heterocycles. The van der Waals surface area contributed by atoms with Crippen molar-refractivity contribution in [1.82, 2.24) is 10.3 Å². The van der Waals surface area contributed by atoms with Crippen LogP contribution in [0.3, 0.4) is 0 Å². The maximum atomic E-state index is 12.4. The maximum absolute atomic E-state index is 12.4. The number of hydrogen-bond donors (Lipinski definition) is 2. The van der Waals surface area contributed by atoms with Crippen LogP contribution in [0.25, 0.3) is 0 Å². The zero-order valence-electron chi connectivity index (χ0n) is 14.3. The van der Waals surface area contributed by atoms with Crippen LogP contribution in [0.2, 0.25) is 0 Å². The van der Waals surface area contributed by atoms with E-state index in [-0.39, 0.29) is 17.9 Å². The smallest absolute Gasteiger partial charge is 0.422 e. The number of alkyl halides is 3. The van der Waals surface area contributed by atoms with Crippen LogP contribution in [-0.2, 0) is 4.79 Å². The van der Waals surface area contributed by atoms with Crippen molar-refractivity contribution in [2.75, 3.05) is 6.61 Å². The molecule has 1 atom stereocenters. The summed E-state index contributed by atoms with van der Waals surface area (Å²) in [6.07, 6.45) is -3.75. The van der Waals surface area contributed by atoms with Crippen molar-refractivity contribution >= 4 is 11.9 Å². The highest BCUT2D eigenvalue weighted by Crippen LogP contribution is 2.22. The van der Waals surface area contributed by atoms with Gasteiger partial charge in [-0.2, -0.15) is 13.2 Å². The number of benzene rings is 1. The second kappa shape index (κ2) is 8.52. The Morgan fingerprint density at radius 3 is 2.48 bits per heavy atom. The molecule has 9 heteroatoms. The summed E-state index contributed by atoms with van der Waals surface area (Å²) in [4.78, 5) is 27.2. The number of halogens is 3. The average molecular weight is 382 g/mol. The second-order valence-corrected chi connectivity index (χ2v) is 5.77. The standard InChI is InChI=1S/C18H17F3N2O4/c1-11-4-2-3-5-13(11)14(8-16(24)25)23-17(26)12-6-7-15(22-9-12)27-10-18(19,20)21/h2-7,9,14H,8,10H2,1H3,(H,23,26)(H,24,25). The van der Waals surface area contributed by atoms with Gasteiger partial charge in [-0.3, -0.25) is 9.59 Å². The molecule has 1 heterocycles. The number of aromatic nitrogens is 1. The van der Waals surface area contributed by atoms with Crippen molar-refractivity contribution in [2.24, 2.45) is 0 Å². The van der Waals surface area contributed by atoms with Gasteiger partial charge in [-0.05, 0) is 24.1 Å². The number of amides is 1. The number of nitrogens with zero attached hydrogens (tertiary/aromatic N) is 1. The summed E-state index contributed by atoms with van der Waals surface area (Å²) < 4.78 is 40.9. The van der Waals surface area contributed by atoms with Crippen LogP contribution in [0, 0.1) is 6.92 Å². The Morgan fingerprint density at radius 1 is 1.22 bits per heavy atom. The Labute approximate surface area is 153 Å². The molecule has 2 aromatic rings. The van der Waals surface area contributed by atoms with Gasteiger partial charge in [-0.1, -0.05) is 24.3 Å². The molecular formula is C18H17F3N2O4. The number of ether oxygens (including phenoxy) is 1. The van der Waals surface area contributed by atoms with Crippen LogP contribution < -0.4 is 10.1 Å². The van der Waals surface area contributed by atoms with Crippen molar-refractivity contribution in [1.29, 1.82) is 0 Å². The van der Waals surface area contributed by atoms with Crippen LogP contribution in [0.5, 0.6) is 5.88 Å². The van der Waals surface area contributed by atoms with Crippen LogP contribution in [-0.4, -0.2) is 34.8 Å². The Morgan fingerprint density at radius 2 is 1.93 bits per heavy atom. The third-order valence-corrected chi connectivity index (χ3v) is 3.63. The topological polar surface area (TPSA) is 88.5 Å². The first-order valence-electron chi connectivity index (χ1n) is 7.89. The Kier molecular flexibility index (Phi) is 6.38. The van der Waals surface area contributed by atoms with Crippen LogP contribution in [0.15, 0.2) is 42.6 Å². The predicted octanol–water partition coefficient (Wildman–Crippen LogP) is 3.28. The molecule has 0 bridgehead atoms. The van der Waals surface area contributed by atoms with Gasteiger partial charge < -0.3 is 15.2 Å². The Balaban J connectivity index is 2.11.